The van der Waals surface area contributed by atoms with Gasteiger partial charge in [0.1, 0.15) is 5.82 Å². The van der Waals surface area contributed by atoms with Gasteiger partial charge in [0.25, 0.3) is 0 Å². The summed E-state index contributed by atoms with van der Waals surface area (Å²) in [6, 6.07) is 0.593. The van der Waals surface area contributed by atoms with Crippen LogP contribution in [-0.4, -0.2) is 54.8 Å². The zero-order valence-electron chi connectivity index (χ0n) is 15.9. The number of rotatable bonds is 6. The summed E-state index contributed by atoms with van der Waals surface area (Å²) in [6.07, 6.45) is 5.61. The number of hydrogen-bond donors (Lipinski definition) is 1. The molecule has 25 heavy (non-hydrogen) atoms. The Morgan fingerprint density at radius 1 is 1.32 bits per heavy atom. The average molecular weight is 348 g/mol. The van der Waals surface area contributed by atoms with Crippen molar-refractivity contribution in [3.05, 3.63) is 11.3 Å². The molecule has 2 heterocycles. The third-order valence-electron chi connectivity index (χ3n) is 6.59. The van der Waals surface area contributed by atoms with E-state index in [4.69, 9.17) is 14.6 Å². The fraction of sp³-hybridized carbons (Fsp3) is 0.842. The van der Waals surface area contributed by atoms with E-state index >= 15 is 0 Å². The normalized spacial score (nSPS) is 28.0. The standard InChI is InChI=1S/C19H32N4O2/c1-4-25-17-12-16(19(17)6-5-7-19)20-13-15-14(2)21-22(3)18(15)23-8-10-24-11-9-23/h16-17,20H,4-13H2,1-3H3/t16-,17+/m1/s1. The maximum Gasteiger partial charge on any atom is 0.131 e. The van der Waals surface area contributed by atoms with Gasteiger partial charge in [0.15, 0.2) is 0 Å². The highest BCUT2D eigenvalue weighted by atomic mass is 16.5. The van der Waals surface area contributed by atoms with E-state index in [0.29, 0.717) is 17.6 Å². The van der Waals surface area contributed by atoms with Gasteiger partial charge in [-0.05, 0) is 33.1 Å². The van der Waals surface area contributed by atoms with Crippen molar-refractivity contribution in [2.45, 2.75) is 58.2 Å². The van der Waals surface area contributed by atoms with Gasteiger partial charge in [0.2, 0.25) is 0 Å². The van der Waals surface area contributed by atoms with E-state index in [0.717, 1.165) is 51.6 Å². The van der Waals surface area contributed by atoms with Crippen LogP contribution in [-0.2, 0) is 23.1 Å². The highest BCUT2D eigenvalue weighted by Gasteiger charge is 2.58. The quantitative estimate of drug-likeness (QED) is 0.852. The third kappa shape index (κ3) is 2.88. The molecule has 1 N–H and O–H groups in total. The fourth-order valence-electron chi connectivity index (χ4n) is 5.02. The molecule has 3 fully saturated rings. The Kier molecular flexibility index (Phi) is 4.77. The van der Waals surface area contributed by atoms with Gasteiger partial charge in [0, 0.05) is 50.3 Å². The molecule has 1 aliphatic heterocycles. The van der Waals surface area contributed by atoms with E-state index in [1.807, 2.05) is 4.68 Å². The van der Waals surface area contributed by atoms with Crippen LogP contribution < -0.4 is 10.2 Å². The van der Waals surface area contributed by atoms with E-state index in [2.05, 4.69) is 31.1 Å². The number of nitrogens with one attached hydrogen (secondary N) is 1. The second-order valence-electron chi connectivity index (χ2n) is 7.81. The Bertz CT molecular complexity index is 605. The first-order chi connectivity index (χ1) is 12.2. The Morgan fingerprint density at radius 2 is 2.08 bits per heavy atom. The monoisotopic (exact) mass is 348 g/mol. The van der Waals surface area contributed by atoms with Crippen LogP contribution in [0, 0.1) is 12.3 Å². The lowest BCUT2D eigenvalue weighted by atomic mass is 9.51. The largest absolute Gasteiger partial charge is 0.378 e. The van der Waals surface area contributed by atoms with E-state index in [-0.39, 0.29) is 0 Å². The van der Waals surface area contributed by atoms with Crippen LogP contribution in [0.2, 0.25) is 0 Å². The van der Waals surface area contributed by atoms with Crippen molar-refractivity contribution in [1.82, 2.24) is 15.1 Å². The minimum Gasteiger partial charge on any atom is -0.378 e. The second kappa shape index (κ2) is 6.89. The SMILES string of the molecule is CCO[C@H]1C[C@@H](NCc2c(C)nn(C)c2N2CCOCC2)C12CCC2. The van der Waals surface area contributed by atoms with Gasteiger partial charge in [-0.3, -0.25) is 4.68 Å². The molecule has 1 spiro atoms. The molecule has 140 valence electrons. The maximum atomic E-state index is 5.99. The van der Waals surface area contributed by atoms with Crippen molar-refractivity contribution < 1.29 is 9.47 Å². The van der Waals surface area contributed by atoms with Gasteiger partial charge < -0.3 is 19.7 Å². The molecule has 0 aromatic carbocycles. The summed E-state index contributed by atoms with van der Waals surface area (Å²) >= 11 is 0. The van der Waals surface area contributed by atoms with Gasteiger partial charge in [-0.2, -0.15) is 5.10 Å². The molecule has 0 bridgehead atoms. The summed E-state index contributed by atoms with van der Waals surface area (Å²) in [7, 11) is 2.06. The predicted octanol–water partition coefficient (Wildman–Crippen LogP) is 2.00. The molecule has 0 amide bonds. The molecule has 2 atom stereocenters. The van der Waals surface area contributed by atoms with Crippen molar-refractivity contribution in [2.24, 2.45) is 12.5 Å². The summed E-state index contributed by atoms with van der Waals surface area (Å²) in [6.45, 7) is 9.49. The van der Waals surface area contributed by atoms with Gasteiger partial charge in [0.05, 0.1) is 25.0 Å². The minimum atomic E-state index is 0.408. The maximum absolute atomic E-state index is 5.99. The number of aromatic nitrogens is 2. The molecule has 0 radical (unpaired) electrons. The lowest BCUT2D eigenvalue weighted by Crippen LogP contribution is -2.66. The van der Waals surface area contributed by atoms with Crippen molar-refractivity contribution in [2.75, 3.05) is 37.8 Å². The first-order valence-electron chi connectivity index (χ1n) is 9.86. The predicted molar refractivity (Wildman–Crippen MR) is 97.9 cm³/mol. The zero-order chi connectivity index (χ0) is 17.4. The second-order valence-corrected chi connectivity index (χ2v) is 7.81. The number of morpholine rings is 1. The molecule has 1 aromatic heterocycles. The Hall–Kier alpha value is -1.11. The summed E-state index contributed by atoms with van der Waals surface area (Å²) in [5.74, 6) is 1.26. The van der Waals surface area contributed by atoms with Gasteiger partial charge in [-0.15, -0.1) is 0 Å². The van der Waals surface area contributed by atoms with Crippen LogP contribution in [0.1, 0.15) is 43.9 Å². The Balaban J connectivity index is 1.45. The fourth-order valence-corrected chi connectivity index (χ4v) is 5.02. The van der Waals surface area contributed by atoms with Crippen molar-refractivity contribution in [1.29, 1.82) is 0 Å². The minimum absolute atomic E-state index is 0.408. The average Bonchev–Trinajstić information content (AvgIpc) is 2.83. The van der Waals surface area contributed by atoms with Crippen molar-refractivity contribution in [3.8, 4) is 0 Å². The van der Waals surface area contributed by atoms with Gasteiger partial charge in [-0.25, -0.2) is 0 Å². The summed E-state index contributed by atoms with van der Waals surface area (Å²) < 4.78 is 13.5. The summed E-state index contributed by atoms with van der Waals surface area (Å²) in [4.78, 5) is 2.42. The highest BCUT2D eigenvalue weighted by Crippen LogP contribution is 2.57. The van der Waals surface area contributed by atoms with Crippen LogP contribution in [0.4, 0.5) is 5.82 Å². The molecule has 2 saturated carbocycles. The molecule has 0 unspecified atom stereocenters. The number of anilines is 1. The van der Waals surface area contributed by atoms with Crippen LogP contribution in [0.15, 0.2) is 0 Å². The van der Waals surface area contributed by atoms with E-state index < -0.39 is 0 Å². The summed E-state index contributed by atoms with van der Waals surface area (Å²) in [5.41, 5.74) is 2.89. The van der Waals surface area contributed by atoms with Gasteiger partial charge in [-0.1, -0.05) is 6.42 Å². The summed E-state index contributed by atoms with van der Waals surface area (Å²) in [5, 5.41) is 8.55. The number of nitrogens with zero attached hydrogens (tertiary/aromatic N) is 3. The van der Waals surface area contributed by atoms with Crippen molar-refractivity contribution in [3.63, 3.8) is 0 Å². The molecule has 2 aliphatic carbocycles. The van der Waals surface area contributed by atoms with Crippen LogP contribution in [0.25, 0.3) is 0 Å². The Morgan fingerprint density at radius 3 is 2.72 bits per heavy atom. The molecule has 1 aromatic rings. The zero-order valence-corrected chi connectivity index (χ0v) is 15.9. The topological polar surface area (TPSA) is 51.5 Å². The Labute approximate surface area is 150 Å². The van der Waals surface area contributed by atoms with E-state index in [9.17, 15) is 0 Å². The molecule has 4 rings (SSSR count). The molecule has 6 heteroatoms. The van der Waals surface area contributed by atoms with E-state index in [1.165, 1.54) is 30.6 Å². The molecular weight excluding hydrogens is 316 g/mol. The molecule has 3 aliphatic rings. The highest BCUT2D eigenvalue weighted by molar-refractivity contribution is 5.50. The first-order valence-corrected chi connectivity index (χ1v) is 9.86. The first kappa shape index (κ1) is 17.3. The van der Waals surface area contributed by atoms with E-state index in [1.54, 1.807) is 0 Å². The lowest BCUT2D eigenvalue weighted by Gasteiger charge is -2.61. The van der Waals surface area contributed by atoms with Crippen LogP contribution >= 0.6 is 0 Å². The van der Waals surface area contributed by atoms with Crippen LogP contribution in [0.5, 0.6) is 0 Å². The third-order valence-corrected chi connectivity index (χ3v) is 6.59. The van der Waals surface area contributed by atoms with Gasteiger partial charge >= 0.3 is 0 Å². The molecular formula is C19H32N4O2. The lowest BCUT2D eigenvalue weighted by molar-refractivity contribution is -0.173. The van der Waals surface area contributed by atoms with Crippen LogP contribution in [0.3, 0.4) is 0 Å². The molecule has 6 nitrogen and oxygen atoms in total. The smallest absolute Gasteiger partial charge is 0.131 e. The van der Waals surface area contributed by atoms with Crippen molar-refractivity contribution >= 4 is 5.82 Å². The number of aryl methyl sites for hydroxylation is 2. The number of hydrogen-bond acceptors (Lipinski definition) is 5. The number of ether oxygens (including phenoxy) is 2. The molecule has 1 saturated heterocycles.